The van der Waals surface area contributed by atoms with Crippen molar-refractivity contribution >= 4 is 5.91 Å². The van der Waals surface area contributed by atoms with Gasteiger partial charge in [-0.1, -0.05) is 24.3 Å². The zero-order chi connectivity index (χ0) is 16.4. The molecule has 23 heavy (non-hydrogen) atoms. The van der Waals surface area contributed by atoms with Crippen LogP contribution in [0, 0.1) is 12.8 Å². The van der Waals surface area contributed by atoms with Crippen LogP contribution in [0.15, 0.2) is 36.7 Å². The zero-order valence-corrected chi connectivity index (χ0v) is 14.2. The quantitative estimate of drug-likeness (QED) is 0.820. The average Bonchev–Trinajstić information content (AvgIpc) is 3.28. The van der Waals surface area contributed by atoms with E-state index in [1.54, 1.807) is 0 Å². The molecular formula is C19H25N3O. The van der Waals surface area contributed by atoms with Gasteiger partial charge in [0.15, 0.2) is 0 Å². The van der Waals surface area contributed by atoms with E-state index >= 15 is 0 Å². The van der Waals surface area contributed by atoms with E-state index in [4.69, 9.17) is 0 Å². The van der Waals surface area contributed by atoms with Crippen LogP contribution >= 0.6 is 0 Å². The maximum Gasteiger partial charge on any atom is 0.226 e. The van der Waals surface area contributed by atoms with E-state index in [1.807, 2.05) is 17.3 Å². The first kappa shape index (κ1) is 15.8. The molecule has 0 radical (unpaired) electrons. The highest BCUT2D eigenvalue weighted by Gasteiger charge is 2.34. The van der Waals surface area contributed by atoms with Crippen LogP contribution in [0.1, 0.15) is 43.6 Å². The Labute approximate surface area is 138 Å². The molecule has 0 unspecified atom stereocenters. The summed E-state index contributed by atoms with van der Waals surface area (Å²) in [6, 6.07) is 8.60. The first-order chi connectivity index (χ1) is 11.1. The number of hydrogen-bond donors (Lipinski definition) is 0. The number of aromatic nitrogens is 2. The Kier molecular flexibility index (Phi) is 4.51. The van der Waals surface area contributed by atoms with E-state index in [1.165, 1.54) is 11.1 Å². The van der Waals surface area contributed by atoms with E-state index < -0.39 is 0 Å². The van der Waals surface area contributed by atoms with Crippen LogP contribution in [0.4, 0.5) is 0 Å². The first-order valence-corrected chi connectivity index (χ1v) is 8.41. The van der Waals surface area contributed by atoms with Gasteiger partial charge in [0.2, 0.25) is 5.91 Å². The fourth-order valence-corrected chi connectivity index (χ4v) is 2.84. The highest BCUT2D eigenvalue weighted by atomic mass is 16.2. The van der Waals surface area contributed by atoms with Crippen LogP contribution in [0.25, 0.3) is 0 Å². The number of benzene rings is 1. The monoisotopic (exact) mass is 311 g/mol. The predicted molar refractivity (Wildman–Crippen MR) is 90.9 cm³/mol. The lowest BCUT2D eigenvalue weighted by molar-refractivity contribution is -0.135. The Morgan fingerprint density at radius 1 is 1.35 bits per heavy atom. The highest BCUT2D eigenvalue weighted by Crippen LogP contribution is 2.32. The largest absolute Gasteiger partial charge is 0.333 e. The summed E-state index contributed by atoms with van der Waals surface area (Å²) in [7, 11) is 0. The van der Waals surface area contributed by atoms with Crippen molar-refractivity contribution in [2.75, 3.05) is 0 Å². The van der Waals surface area contributed by atoms with Gasteiger partial charge in [0.25, 0.3) is 0 Å². The Morgan fingerprint density at radius 3 is 2.74 bits per heavy atom. The lowest BCUT2D eigenvalue weighted by Gasteiger charge is -2.27. The van der Waals surface area contributed by atoms with Crippen LogP contribution < -0.4 is 0 Å². The van der Waals surface area contributed by atoms with E-state index in [0.29, 0.717) is 6.54 Å². The lowest BCUT2D eigenvalue weighted by Crippen LogP contribution is -2.38. The highest BCUT2D eigenvalue weighted by molar-refractivity contribution is 5.81. The third-order valence-electron chi connectivity index (χ3n) is 4.55. The van der Waals surface area contributed by atoms with Gasteiger partial charge in [-0.05, 0) is 44.7 Å². The molecule has 2 aromatic rings. The third-order valence-corrected chi connectivity index (χ3v) is 4.55. The van der Waals surface area contributed by atoms with Crippen molar-refractivity contribution in [1.29, 1.82) is 0 Å². The molecule has 0 N–H and O–H groups in total. The smallest absolute Gasteiger partial charge is 0.226 e. The molecule has 0 saturated heterocycles. The van der Waals surface area contributed by atoms with E-state index in [9.17, 15) is 4.79 Å². The fourth-order valence-electron chi connectivity index (χ4n) is 2.84. The normalized spacial score (nSPS) is 14.3. The Balaban J connectivity index is 1.77. The summed E-state index contributed by atoms with van der Waals surface area (Å²) in [5.74, 6) is 1.48. The second-order valence-electron chi connectivity index (χ2n) is 6.73. The molecule has 122 valence electrons. The van der Waals surface area contributed by atoms with E-state index in [2.05, 4.69) is 54.6 Å². The molecule has 0 spiro atoms. The molecular weight excluding hydrogens is 286 g/mol. The minimum absolute atomic E-state index is 0.201. The standard InChI is InChI=1S/C19H25N3O/c1-14(2)22(19(23)16-8-9-16)13-18-20-10-11-21(18)12-17-7-5-4-6-15(17)3/h4-7,10-11,14,16H,8-9,12-13H2,1-3H3. The Bertz CT molecular complexity index is 685. The Morgan fingerprint density at radius 2 is 2.09 bits per heavy atom. The van der Waals surface area contributed by atoms with Gasteiger partial charge in [0, 0.05) is 30.9 Å². The number of aryl methyl sites for hydroxylation is 1. The number of nitrogens with zero attached hydrogens (tertiary/aromatic N) is 3. The SMILES string of the molecule is Cc1ccccc1Cn1ccnc1CN(C(=O)C1CC1)C(C)C. The molecule has 0 aliphatic heterocycles. The average molecular weight is 311 g/mol. The maximum atomic E-state index is 12.5. The molecule has 1 fully saturated rings. The Hall–Kier alpha value is -2.10. The molecule has 0 atom stereocenters. The van der Waals surface area contributed by atoms with Gasteiger partial charge >= 0.3 is 0 Å². The van der Waals surface area contributed by atoms with E-state index in [0.717, 1.165) is 25.2 Å². The van der Waals surface area contributed by atoms with Gasteiger partial charge in [-0.3, -0.25) is 4.79 Å². The summed E-state index contributed by atoms with van der Waals surface area (Å²) in [6.07, 6.45) is 5.91. The fraction of sp³-hybridized carbons (Fsp3) is 0.474. The van der Waals surface area contributed by atoms with Gasteiger partial charge in [0.1, 0.15) is 5.82 Å². The molecule has 1 aromatic heterocycles. The van der Waals surface area contributed by atoms with Crippen molar-refractivity contribution in [1.82, 2.24) is 14.5 Å². The van der Waals surface area contributed by atoms with Crippen LogP contribution in [0.3, 0.4) is 0 Å². The second-order valence-corrected chi connectivity index (χ2v) is 6.73. The predicted octanol–water partition coefficient (Wildman–Crippen LogP) is 3.39. The molecule has 4 heteroatoms. The van der Waals surface area contributed by atoms with Crippen molar-refractivity contribution in [2.24, 2.45) is 5.92 Å². The van der Waals surface area contributed by atoms with Crippen molar-refractivity contribution in [3.05, 3.63) is 53.6 Å². The maximum absolute atomic E-state index is 12.5. The summed E-state index contributed by atoms with van der Waals surface area (Å²) >= 11 is 0. The topological polar surface area (TPSA) is 38.1 Å². The van der Waals surface area contributed by atoms with Crippen molar-refractivity contribution in [3.63, 3.8) is 0 Å². The molecule has 1 aliphatic carbocycles. The summed E-state index contributed by atoms with van der Waals surface area (Å²) in [4.78, 5) is 18.9. The summed E-state index contributed by atoms with van der Waals surface area (Å²) in [5.41, 5.74) is 2.57. The van der Waals surface area contributed by atoms with Crippen LogP contribution in [0.2, 0.25) is 0 Å². The van der Waals surface area contributed by atoms with Gasteiger partial charge < -0.3 is 9.47 Å². The zero-order valence-electron chi connectivity index (χ0n) is 14.2. The molecule has 1 saturated carbocycles. The third kappa shape index (κ3) is 3.63. The molecule has 1 aliphatic rings. The molecule has 1 heterocycles. The lowest BCUT2D eigenvalue weighted by atomic mass is 10.1. The summed E-state index contributed by atoms with van der Waals surface area (Å²) in [6.45, 7) is 7.67. The first-order valence-electron chi connectivity index (χ1n) is 8.41. The minimum Gasteiger partial charge on any atom is -0.333 e. The van der Waals surface area contributed by atoms with E-state index in [-0.39, 0.29) is 17.9 Å². The number of imidazole rings is 1. The van der Waals surface area contributed by atoms with Crippen molar-refractivity contribution in [3.8, 4) is 0 Å². The minimum atomic E-state index is 0.201. The van der Waals surface area contributed by atoms with Crippen molar-refractivity contribution in [2.45, 2.75) is 52.7 Å². The number of hydrogen-bond acceptors (Lipinski definition) is 2. The molecule has 3 rings (SSSR count). The van der Waals surface area contributed by atoms with Crippen LogP contribution in [0.5, 0.6) is 0 Å². The summed E-state index contributed by atoms with van der Waals surface area (Å²) < 4.78 is 2.15. The number of carbonyl (C=O) groups is 1. The number of carbonyl (C=O) groups excluding carboxylic acids is 1. The number of rotatable bonds is 6. The molecule has 0 bridgehead atoms. The van der Waals surface area contributed by atoms with Crippen LogP contribution in [-0.4, -0.2) is 26.4 Å². The molecule has 1 amide bonds. The molecule has 4 nitrogen and oxygen atoms in total. The second kappa shape index (κ2) is 6.57. The number of amides is 1. The van der Waals surface area contributed by atoms with Crippen molar-refractivity contribution < 1.29 is 4.79 Å². The van der Waals surface area contributed by atoms with Gasteiger partial charge in [-0.15, -0.1) is 0 Å². The van der Waals surface area contributed by atoms with Gasteiger partial charge in [-0.2, -0.15) is 0 Å². The summed E-state index contributed by atoms with van der Waals surface area (Å²) in [5, 5.41) is 0. The van der Waals surface area contributed by atoms with Gasteiger partial charge in [0.05, 0.1) is 6.54 Å². The molecule has 1 aromatic carbocycles. The van der Waals surface area contributed by atoms with Gasteiger partial charge in [-0.25, -0.2) is 4.98 Å². The van der Waals surface area contributed by atoms with Crippen LogP contribution in [-0.2, 0) is 17.9 Å².